The Bertz CT molecular complexity index is 438. The van der Waals surface area contributed by atoms with Crippen molar-refractivity contribution in [3.8, 4) is 11.5 Å². The SMILES string of the molecule is CCOc1ccc(C(Br)COCC(F)(F)F)cc1OCC. The topological polar surface area (TPSA) is 27.7 Å². The van der Waals surface area contributed by atoms with E-state index in [0.29, 0.717) is 24.7 Å². The summed E-state index contributed by atoms with van der Waals surface area (Å²) in [4.78, 5) is -0.352. The van der Waals surface area contributed by atoms with Crippen LogP contribution in [0.4, 0.5) is 13.2 Å². The van der Waals surface area contributed by atoms with E-state index in [1.165, 1.54) is 0 Å². The highest BCUT2D eigenvalue weighted by atomic mass is 79.9. The van der Waals surface area contributed by atoms with Crippen LogP contribution in [0, 0.1) is 0 Å². The third-order valence-electron chi connectivity index (χ3n) is 2.46. The molecule has 0 saturated carbocycles. The molecular weight excluding hydrogens is 353 g/mol. The van der Waals surface area contributed by atoms with E-state index in [1.54, 1.807) is 18.2 Å². The predicted molar refractivity (Wildman–Crippen MR) is 77.3 cm³/mol. The van der Waals surface area contributed by atoms with Crippen molar-refractivity contribution >= 4 is 15.9 Å². The lowest BCUT2D eigenvalue weighted by Gasteiger charge is -2.16. The van der Waals surface area contributed by atoms with Crippen LogP contribution in [0.2, 0.25) is 0 Å². The highest BCUT2D eigenvalue weighted by Gasteiger charge is 2.28. The summed E-state index contributed by atoms with van der Waals surface area (Å²) in [6.07, 6.45) is -4.32. The molecular formula is C14H18BrF3O3. The van der Waals surface area contributed by atoms with E-state index in [0.717, 1.165) is 5.56 Å². The summed E-state index contributed by atoms with van der Waals surface area (Å²) >= 11 is 3.31. The molecule has 1 rings (SSSR count). The number of alkyl halides is 4. The number of hydrogen-bond donors (Lipinski definition) is 0. The van der Waals surface area contributed by atoms with Crippen LogP contribution in [0.3, 0.4) is 0 Å². The molecule has 1 aromatic carbocycles. The Kier molecular flexibility index (Phi) is 7.31. The maximum atomic E-state index is 12.0. The van der Waals surface area contributed by atoms with Gasteiger partial charge in [0.2, 0.25) is 0 Å². The smallest absolute Gasteiger partial charge is 0.411 e. The van der Waals surface area contributed by atoms with E-state index in [-0.39, 0.29) is 11.4 Å². The number of benzene rings is 1. The molecule has 1 atom stereocenters. The third-order valence-corrected chi connectivity index (χ3v) is 3.25. The molecule has 0 aliphatic carbocycles. The molecule has 0 amide bonds. The molecule has 0 aliphatic heterocycles. The van der Waals surface area contributed by atoms with Gasteiger partial charge >= 0.3 is 6.18 Å². The number of halogens is 4. The van der Waals surface area contributed by atoms with Crippen LogP contribution in [0.1, 0.15) is 24.2 Å². The summed E-state index contributed by atoms with van der Waals surface area (Å²) in [5, 5.41) is 0. The lowest BCUT2D eigenvalue weighted by atomic mass is 10.1. The molecule has 1 unspecified atom stereocenters. The van der Waals surface area contributed by atoms with Gasteiger partial charge in [0.15, 0.2) is 11.5 Å². The van der Waals surface area contributed by atoms with Crippen molar-refractivity contribution in [2.75, 3.05) is 26.4 Å². The summed E-state index contributed by atoms with van der Waals surface area (Å²) in [6.45, 7) is 3.35. The molecule has 0 fully saturated rings. The van der Waals surface area contributed by atoms with Gasteiger partial charge in [0.05, 0.1) is 24.6 Å². The second-order valence-corrected chi connectivity index (χ2v) is 5.28. The largest absolute Gasteiger partial charge is 0.490 e. The Morgan fingerprint density at radius 3 is 2.29 bits per heavy atom. The van der Waals surface area contributed by atoms with E-state index in [1.807, 2.05) is 13.8 Å². The summed E-state index contributed by atoms with van der Waals surface area (Å²) in [6, 6.07) is 5.25. The number of ether oxygens (including phenoxy) is 3. The molecule has 1 aromatic rings. The normalized spacial score (nSPS) is 13.0. The summed E-state index contributed by atoms with van der Waals surface area (Å²) < 4.78 is 51.7. The molecule has 0 aliphatic rings. The second-order valence-electron chi connectivity index (χ2n) is 4.17. The van der Waals surface area contributed by atoms with Crippen molar-refractivity contribution in [2.45, 2.75) is 24.9 Å². The fraction of sp³-hybridized carbons (Fsp3) is 0.571. The maximum absolute atomic E-state index is 12.0. The lowest BCUT2D eigenvalue weighted by Crippen LogP contribution is -2.18. The van der Waals surface area contributed by atoms with Gasteiger partial charge in [-0.25, -0.2) is 0 Å². The van der Waals surface area contributed by atoms with Crippen molar-refractivity contribution in [1.29, 1.82) is 0 Å². The van der Waals surface area contributed by atoms with Gasteiger partial charge in [-0.05, 0) is 31.5 Å². The molecule has 7 heteroatoms. The van der Waals surface area contributed by atoms with Crippen LogP contribution in [-0.4, -0.2) is 32.6 Å². The first-order chi connectivity index (χ1) is 9.87. The van der Waals surface area contributed by atoms with E-state index in [4.69, 9.17) is 9.47 Å². The van der Waals surface area contributed by atoms with Crippen molar-refractivity contribution in [1.82, 2.24) is 0 Å². The van der Waals surface area contributed by atoms with Gasteiger partial charge in [-0.3, -0.25) is 0 Å². The van der Waals surface area contributed by atoms with Crippen molar-refractivity contribution in [3.63, 3.8) is 0 Å². The zero-order valence-corrected chi connectivity index (χ0v) is 13.5. The van der Waals surface area contributed by atoms with Crippen LogP contribution in [0.25, 0.3) is 0 Å². The highest BCUT2D eigenvalue weighted by molar-refractivity contribution is 9.09. The summed E-state index contributed by atoms with van der Waals surface area (Å²) in [5.74, 6) is 1.18. The Hall–Kier alpha value is -0.950. The van der Waals surface area contributed by atoms with E-state index < -0.39 is 12.8 Å². The fourth-order valence-electron chi connectivity index (χ4n) is 1.64. The average molecular weight is 371 g/mol. The lowest BCUT2D eigenvalue weighted by molar-refractivity contribution is -0.173. The van der Waals surface area contributed by atoms with Gasteiger partial charge < -0.3 is 14.2 Å². The average Bonchev–Trinajstić information content (AvgIpc) is 2.39. The molecule has 0 bridgehead atoms. The summed E-state index contributed by atoms with van der Waals surface area (Å²) in [5.41, 5.74) is 0.768. The van der Waals surface area contributed by atoms with Gasteiger partial charge in [0, 0.05) is 0 Å². The van der Waals surface area contributed by atoms with Crippen LogP contribution in [0.15, 0.2) is 18.2 Å². The minimum absolute atomic E-state index is 0.0843. The minimum Gasteiger partial charge on any atom is -0.490 e. The molecule has 0 radical (unpaired) electrons. The van der Waals surface area contributed by atoms with Crippen LogP contribution in [-0.2, 0) is 4.74 Å². The van der Waals surface area contributed by atoms with Gasteiger partial charge in [-0.1, -0.05) is 22.0 Å². The van der Waals surface area contributed by atoms with Crippen LogP contribution in [0.5, 0.6) is 11.5 Å². The first-order valence-corrected chi connectivity index (χ1v) is 7.47. The van der Waals surface area contributed by atoms with Crippen molar-refractivity contribution < 1.29 is 27.4 Å². The van der Waals surface area contributed by atoms with E-state index in [9.17, 15) is 13.2 Å². The quantitative estimate of drug-likeness (QED) is 0.630. The van der Waals surface area contributed by atoms with E-state index in [2.05, 4.69) is 20.7 Å². The van der Waals surface area contributed by atoms with E-state index >= 15 is 0 Å². The molecule has 0 N–H and O–H groups in total. The van der Waals surface area contributed by atoms with Gasteiger partial charge in [0.25, 0.3) is 0 Å². The van der Waals surface area contributed by atoms with Crippen LogP contribution >= 0.6 is 15.9 Å². The number of hydrogen-bond acceptors (Lipinski definition) is 3. The zero-order chi connectivity index (χ0) is 15.9. The Morgan fingerprint density at radius 2 is 1.71 bits per heavy atom. The monoisotopic (exact) mass is 370 g/mol. The van der Waals surface area contributed by atoms with Gasteiger partial charge in [-0.2, -0.15) is 13.2 Å². The molecule has 0 aromatic heterocycles. The molecule has 21 heavy (non-hydrogen) atoms. The molecule has 120 valence electrons. The first-order valence-electron chi connectivity index (χ1n) is 6.55. The second kappa shape index (κ2) is 8.48. The van der Waals surface area contributed by atoms with Crippen molar-refractivity contribution in [2.24, 2.45) is 0 Å². The zero-order valence-electron chi connectivity index (χ0n) is 11.9. The molecule has 0 spiro atoms. The van der Waals surface area contributed by atoms with Crippen molar-refractivity contribution in [3.05, 3.63) is 23.8 Å². The first kappa shape index (κ1) is 18.1. The fourth-order valence-corrected chi connectivity index (χ4v) is 2.11. The highest BCUT2D eigenvalue weighted by Crippen LogP contribution is 2.33. The molecule has 0 saturated heterocycles. The Morgan fingerprint density at radius 1 is 1.10 bits per heavy atom. The van der Waals surface area contributed by atoms with Gasteiger partial charge in [0.1, 0.15) is 6.61 Å². The Labute approximate surface area is 130 Å². The maximum Gasteiger partial charge on any atom is 0.411 e. The molecule has 3 nitrogen and oxygen atoms in total. The Balaban J connectivity index is 2.71. The van der Waals surface area contributed by atoms with Gasteiger partial charge in [-0.15, -0.1) is 0 Å². The third kappa shape index (κ3) is 6.56. The predicted octanol–water partition coefficient (Wildman–Crippen LogP) is 4.50. The standard InChI is InChI=1S/C14H18BrF3O3/c1-3-20-12-6-5-10(7-13(12)21-4-2)11(15)8-19-9-14(16,17)18/h5-7,11H,3-4,8-9H2,1-2H3. The minimum atomic E-state index is -4.32. The van der Waals surface area contributed by atoms with Crippen LogP contribution < -0.4 is 9.47 Å². The summed E-state index contributed by atoms with van der Waals surface area (Å²) in [7, 11) is 0. The molecule has 0 heterocycles. The number of rotatable bonds is 8.